The average molecular weight is 387 g/mol. The highest BCUT2D eigenvalue weighted by Crippen LogP contribution is 2.34. The Kier molecular flexibility index (Phi) is 6.14. The number of hydrogen-bond donors (Lipinski definition) is 2. The third-order valence-electron chi connectivity index (χ3n) is 5.15. The Labute approximate surface area is 164 Å². The van der Waals surface area contributed by atoms with Crippen molar-refractivity contribution in [2.75, 3.05) is 25.1 Å². The highest BCUT2D eigenvalue weighted by atomic mass is 35.5. The van der Waals surface area contributed by atoms with E-state index in [1.165, 1.54) is 0 Å². The lowest BCUT2D eigenvalue weighted by Gasteiger charge is -2.37. The van der Waals surface area contributed by atoms with Gasteiger partial charge in [0.1, 0.15) is 0 Å². The molecule has 3 rings (SSSR count). The van der Waals surface area contributed by atoms with Gasteiger partial charge in [0.15, 0.2) is 0 Å². The van der Waals surface area contributed by atoms with Gasteiger partial charge in [-0.25, -0.2) is 0 Å². The van der Waals surface area contributed by atoms with Gasteiger partial charge in [0.05, 0.1) is 0 Å². The summed E-state index contributed by atoms with van der Waals surface area (Å²) >= 11 is 6.06. The van der Waals surface area contributed by atoms with Gasteiger partial charge in [-0.1, -0.05) is 48.0 Å². The zero-order valence-corrected chi connectivity index (χ0v) is 16.0. The number of anilines is 1. The van der Waals surface area contributed by atoms with Gasteiger partial charge < -0.3 is 15.4 Å². The second kappa shape index (κ2) is 8.55. The van der Waals surface area contributed by atoms with Gasteiger partial charge in [-0.15, -0.1) is 0 Å². The Morgan fingerprint density at radius 2 is 1.74 bits per heavy atom. The zero-order valence-electron chi connectivity index (χ0n) is 15.3. The lowest BCUT2D eigenvalue weighted by molar-refractivity contribution is -0.136. The number of ether oxygens (including phenoxy) is 1. The maximum absolute atomic E-state index is 12.4. The first-order valence-corrected chi connectivity index (χ1v) is 9.37. The molecule has 0 spiro atoms. The highest BCUT2D eigenvalue weighted by Gasteiger charge is 2.35. The number of carbonyl (C=O) groups excluding carboxylic acids is 2. The lowest BCUT2D eigenvalue weighted by atomic mass is 9.74. The predicted molar refractivity (Wildman–Crippen MR) is 106 cm³/mol. The molecule has 1 aliphatic rings. The normalized spacial score (nSPS) is 15.8. The Morgan fingerprint density at radius 1 is 1.04 bits per heavy atom. The highest BCUT2D eigenvalue weighted by molar-refractivity contribution is 6.40. The molecule has 6 heteroatoms. The van der Waals surface area contributed by atoms with Crippen LogP contribution in [-0.2, 0) is 19.7 Å². The van der Waals surface area contributed by atoms with Gasteiger partial charge in [0.2, 0.25) is 0 Å². The fourth-order valence-electron chi connectivity index (χ4n) is 3.37. The predicted octanol–water partition coefficient (Wildman–Crippen LogP) is 3.45. The molecule has 1 heterocycles. The van der Waals surface area contributed by atoms with Crippen LogP contribution in [0.3, 0.4) is 0 Å². The van der Waals surface area contributed by atoms with E-state index in [4.69, 9.17) is 16.3 Å². The van der Waals surface area contributed by atoms with Crippen LogP contribution in [-0.4, -0.2) is 31.6 Å². The van der Waals surface area contributed by atoms with Crippen molar-refractivity contribution in [3.05, 3.63) is 64.7 Å². The minimum atomic E-state index is -0.698. The number of carbonyl (C=O) groups is 2. The molecule has 0 aromatic heterocycles. The largest absolute Gasteiger partial charge is 0.381 e. The van der Waals surface area contributed by atoms with Crippen LogP contribution in [0.15, 0.2) is 48.5 Å². The molecule has 0 saturated carbocycles. The molecular weight excluding hydrogens is 364 g/mol. The molecule has 2 N–H and O–H groups in total. The van der Waals surface area contributed by atoms with Crippen LogP contribution in [0.4, 0.5) is 5.69 Å². The van der Waals surface area contributed by atoms with Gasteiger partial charge in [0, 0.05) is 35.9 Å². The van der Waals surface area contributed by atoms with Crippen LogP contribution >= 0.6 is 11.6 Å². The number of nitrogens with one attached hydrogen (secondary N) is 2. The molecule has 5 nitrogen and oxygen atoms in total. The fourth-order valence-corrected chi connectivity index (χ4v) is 3.55. The number of benzene rings is 2. The van der Waals surface area contributed by atoms with Crippen molar-refractivity contribution in [1.29, 1.82) is 0 Å². The van der Waals surface area contributed by atoms with Crippen molar-refractivity contribution < 1.29 is 14.3 Å². The molecule has 2 amide bonds. The van der Waals surface area contributed by atoms with Crippen molar-refractivity contribution in [3.8, 4) is 0 Å². The Morgan fingerprint density at radius 3 is 2.44 bits per heavy atom. The third kappa shape index (κ3) is 4.49. The van der Waals surface area contributed by atoms with Crippen molar-refractivity contribution >= 4 is 29.1 Å². The van der Waals surface area contributed by atoms with Crippen molar-refractivity contribution in [1.82, 2.24) is 5.32 Å². The molecule has 2 aromatic rings. The van der Waals surface area contributed by atoms with Crippen molar-refractivity contribution in [3.63, 3.8) is 0 Å². The lowest BCUT2D eigenvalue weighted by Crippen LogP contribution is -2.47. The van der Waals surface area contributed by atoms with Gasteiger partial charge in [-0.2, -0.15) is 0 Å². The Bertz CT molecular complexity index is 817. The molecule has 1 fully saturated rings. The van der Waals surface area contributed by atoms with Crippen LogP contribution in [0.5, 0.6) is 0 Å². The molecule has 2 aromatic carbocycles. The maximum atomic E-state index is 12.4. The summed E-state index contributed by atoms with van der Waals surface area (Å²) in [6.07, 6.45) is 1.60. The standard InChI is InChI=1S/C21H23ClN2O3/c1-15-17(22)8-5-9-18(15)24-20(26)19(25)23-14-21(10-12-27-13-11-21)16-6-3-2-4-7-16/h2-9H,10-14H2,1H3,(H,23,25)(H,24,26). The summed E-state index contributed by atoms with van der Waals surface area (Å²) in [5.74, 6) is -1.35. The van der Waals surface area contributed by atoms with Crippen LogP contribution in [0.2, 0.25) is 5.02 Å². The molecule has 1 aliphatic heterocycles. The van der Waals surface area contributed by atoms with E-state index in [1.807, 2.05) is 18.2 Å². The summed E-state index contributed by atoms with van der Waals surface area (Å²) in [6, 6.07) is 15.3. The van der Waals surface area contributed by atoms with E-state index in [-0.39, 0.29) is 5.41 Å². The third-order valence-corrected chi connectivity index (χ3v) is 5.55. The minimum Gasteiger partial charge on any atom is -0.381 e. The smallest absolute Gasteiger partial charge is 0.313 e. The molecule has 27 heavy (non-hydrogen) atoms. The summed E-state index contributed by atoms with van der Waals surface area (Å²) in [5, 5.41) is 5.98. The first kappa shape index (κ1) is 19.4. The number of rotatable bonds is 4. The number of hydrogen-bond acceptors (Lipinski definition) is 3. The number of halogens is 1. The maximum Gasteiger partial charge on any atom is 0.313 e. The molecule has 0 atom stereocenters. The fraction of sp³-hybridized carbons (Fsp3) is 0.333. The first-order chi connectivity index (χ1) is 13.0. The van der Waals surface area contributed by atoms with Gasteiger partial charge >= 0.3 is 11.8 Å². The van der Waals surface area contributed by atoms with E-state index in [0.717, 1.165) is 24.0 Å². The topological polar surface area (TPSA) is 67.4 Å². The van der Waals surface area contributed by atoms with E-state index in [0.29, 0.717) is 30.5 Å². The quantitative estimate of drug-likeness (QED) is 0.791. The molecule has 0 radical (unpaired) electrons. The molecule has 1 saturated heterocycles. The molecular formula is C21H23ClN2O3. The Hall–Kier alpha value is -2.37. The molecule has 0 aliphatic carbocycles. The second-order valence-corrected chi connectivity index (χ2v) is 7.22. The van der Waals surface area contributed by atoms with Crippen LogP contribution < -0.4 is 10.6 Å². The summed E-state index contributed by atoms with van der Waals surface area (Å²) in [5.41, 5.74) is 2.19. The summed E-state index contributed by atoms with van der Waals surface area (Å²) in [7, 11) is 0. The van der Waals surface area contributed by atoms with E-state index in [1.54, 1.807) is 25.1 Å². The van der Waals surface area contributed by atoms with Crippen LogP contribution in [0, 0.1) is 6.92 Å². The monoisotopic (exact) mass is 386 g/mol. The number of amides is 2. The summed E-state index contributed by atoms with van der Waals surface area (Å²) < 4.78 is 5.50. The van der Waals surface area contributed by atoms with E-state index in [2.05, 4.69) is 22.8 Å². The van der Waals surface area contributed by atoms with Crippen LogP contribution in [0.1, 0.15) is 24.0 Å². The molecule has 0 unspecified atom stereocenters. The zero-order chi connectivity index (χ0) is 19.3. The molecule has 0 bridgehead atoms. The second-order valence-electron chi connectivity index (χ2n) is 6.81. The summed E-state index contributed by atoms with van der Waals surface area (Å²) in [6.45, 7) is 3.46. The van der Waals surface area contributed by atoms with Gasteiger partial charge in [-0.05, 0) is 43.0 Å². The first-order valence-electron chi connectivity index (χ1n) is 8.99. The average Bonchev–Trinajstić information content (AvgIpc) is 2.71. The minimum absolute atomic E-state index is 0.221. The van der Waals surface area contributed by atoms with E-state index in [9.17, 15) is 9.59 Å². The SMILES string of the molecule is Cc1c(Cl)cccc1NC(=O)C(=O)NCC1(c2ccccc2)CCOCC1. The van der Waals surface area contributed by atoms with Crippen molar-refractivity contribution in [2.45, 2.75) is 25.2 Å². The van der Waals surface area contributed by atoms with Crippen molar-refractivity contribution in [2.24, 2.45) is 0 Å². The Balaban J connectivity index is 1.67. The van der Waals surface area contributed by atoms with Gasteiger partial charge in [-0.3, -0.25) is 9.59 Å². The van der Waals surface area contributed by atoms with E-state index < -0.39 is 11.8 Å². The molecule has 142 valence electrons. The van der Waals surface area contributed by atoms with E-state index >= 15 is 0 Å². The van der Waals surface area contributed by atoms with Gasteiger partial charge in [0.25, 0.3) is 0 Å². The van der Waals surface area contributed by atoms with Crippen LogP contribution in [0.25, 0.3) is 0 Å². The summed E-state index contributed by atoms with van der Waals surface area (Å²) in [4.78, 5) is 24.7.